The molecule has 514 valence electrons. The number of benzene rings is 9. The van der Waals surface area contributed by atoms with Gasteiger partial charge in [-0.15, -0.1) is 129 Å². The summed E-state index contributed by atoms with van der Waals surface area (Å²) in [4.78, 5) is 20.3. The molecule has 0 atom stereocenters. The molecule has 4 radical (unpaired) electrons. The van der Waals surface area contributed by atoms with Gasteiger partial charge in [0.25, 0.3) is 0 Å². The van der Waals surface area contributed by atoms with Crippen molar-refractivity contribution in [3.05, 3.63) is 263 Å². The molecule has 0 N–H and O–H groups in total. The van der Waals surface area contributed by atoms with Crippen LogP contribution in [-0.4, -0.2) is 72.4 Å². The van der Waals surface area contributed by atoms with E-state index in [1.54, 1.807) is 18.9 Å². The maximum absolute atomic E-state index is 5.28. The summed E-state index contributed by atoms with van der Waals surface area (Å²) in [6.07, 6.45) is 9.80. The second kappa shape index (κ2) is 38.8. The largest absolute Gasteiger partial charge is 0.516 e. The Bertz CT molecular complexity index is 4510. The summed E-state index contributed by atoms with van der Waals surface area (Å²) in [7, 11) is 1.65. The maximum Gasteiger partial charge on any atom is 0.122 e. The van der Waals surface area contributed by atoms with Gasteiger partial charge in [0.2, 0.25) is 0 Å². The standard InChI is InChI=1S/C22H20N3.C20H22N3.C19H20N3O.C19H20N3S.4Ir/c1-3-8-21-23-22(24-25(21)20-12-7-4-9-16(20)2)19-14-13-17-10-5-6-11-18(17)15-19;1-5-8-19-21-20(17-12-14(2)11-15(3)13-17)22-23(19)18-10-7-6-9-16(18)4;2*1-4-8-18-20-19(15-10-7-11-16(13-15)23-3)21-22(18)17-12-6-5-9-14(17)2;;;;/h4-7,9-13,15H,3,8H2,1-2H3;6-7,9-12H,5,8H2,1-4H3;2*5-7,9,11-13H,4,8H2,1-3H3;;;;/q4*-1;;;;. The quantitative estimate of drug-likeness (QED) is 0.0604. The van der Waals surface area contributed by atoms with Crippen molar-refractivity contribution >= 4 is 22.5 Å². The zero-order valence-corrected chi connectivity index (χ0v) is 67.9. The van der Waals surface area contributed by atoms with Crippen LogP contribution in [0.5, 0.6) is 5.75 Å². The molecule has 0 fully saturated rings. The van der Waals surface area contributed by atoms with Crippen molar-refractivity contribution in [3.63, 3.8) is 0 Å². The Hall–Kier alpha value is -7.45. The minimum atomic E-state index is 0. The van der Waals surface area contributed by atoms with Crippen LogP contribution in [0, 0.1) is 65.8 Å². The molecule has 0 bridgehead atoms. The van der Waals surface area contributed by atoms with E-state index in [1.807, 2.05) is 110 Å². The van der Waals surface area contributed by atoms with Crippen LogP contribution in [-0.2, 0) is 106 Å². The predicted octanol–water partition coefficient (Wildman–Crippen LogP) is 18.5. The summed E-state index contributed by atoms with van der Waals surface area (Å²) in [6, 6.07) is 74.6. The molecule has 13 nitrogen and oxygen atoms in total. The van der Waals surface area contributed by atoms with Gasteiger partial charge in [0.05, 0.1) is 53.2 Å². The number of rotatable bonds is 18. The molecule has 0 spiro atoms. The molecule has 0 aliphatic heterocycles. The van der Waals surface area contributed by atoms with Crippen molar-refractivity contribution in [1.82, 2.24) is 59.1 Å². The summed E-state index contributed by atoms with van der Waals surface area (Å²) < 4.78 is 13.2. The van der Waals surface area contributed by atoms with E-state index in [2.05, 4.69) is 191 Å². The number of para-hydroxylation sites is 4. The Kier molecular flexibility index (Phi) is 31.5. The normalized spacial score (nSPS) is 10.5. The number of aryl methyl sites for hydroxylation is 10. The third kappa shape index (κ3) is 19.9. The van der Waals surface area contributed by atoms with E-state index in [0.717, 1.165) is 148 Å². The zero-order valence-electron chi connectivity index (χ0n) is 57.5. The average Bonchev–Trinajstić information content (AvgIpc) is 1.68. The summed E-state index contributed by atoms with van der Waals surface area (Å²) in [5.74, 6) is 7.65. The molecule has 0 amide bonds. The van der Waals surface area contributed by atoms with Crippen LogP contribution < -0.4 is 4.74 Å². The summed E-state index contributed by atoms with van der Waals surface area (Å²) in [5.41, 5.74) is 15.1. The van der Waals surface area contributed by atoms with Crippen LogP contribution in [0.4, 0.5) is 0 Å². The molecule has 13 aromatic rings. The molecule has 13 rings (SSSR count). The first-order valence-electron chi connectivity index (χ1n) is 32.4. The second-order valence-corrected chi connectivity index (χ2v) is 24.1. The fourth-order valence-electron chi connectivity index (χ4n) is 11.0. The molecular formula is C80H82Ir4N12OS-4. The molecule has 4 heterocycles. The third-order valence-electron chi connectivity index (χ3n) is 15.8. The van der Waals surface area contributed by atoms with E-state index in [9.17, 15) is 0 Å². The van der Waals surface area contributed by atoms with Crippen molar-refractivity contribution in [2.45, 2.75) is 125 Å². The Morgan fingerprint density at radius 3 is 1.12 bits per heavy atom. The Balaban J connectivity index is 0.000000204. The summed E-state index contributed by atoms with van der Waals surface area (Å²) in [6.45, 7) is 21.2. The van der Waals surface area contributed by atoms with Crippen molar-refractivity contribution < 1.29 is 85.2 Å². The first-order valence-corrected chi connectivity index (χ1v) is 33.6. The van der Waals surface area contributed by atoms with Gasteiger partial charge < -0.3 is 4.74 Å². The predicted molar refractivity (Wildman–Crippen MR) is 383 cm³/mol. The number of fused-ring (bicyclic) bond motifs is 1. The van der Waals surface area contributed by atoms with Gasteiger partial charge in [-0.05, 0) is 106 Å². The minimum Gasteiger partial charge on any atom is -0.516 e. The van der Waals surface area contributed by atoms with E-state index in [1.165, 1.54) is 43.5 Å². The van der Waals surface area contributed by atoms with Crippen molar-refractivity contribution in [1.29, 1.82) is 0 Å². The van der Waals surface area contributed by atoms with Crippen LogP contribution in [0.2, 0.25) is 0 Å². The monoisotopic (exact) mass is 2030 g/mol. The number of nitrogens with zero attached hydrogens (tertiary/aromatic N) is 12. The summed E-state index contributed by atoms with van der Waals surface area (Å²) >= 11 is 1.72. The fraction of sp³-hybridized carbons (Fsp3) is 0.250. The van der Waals surface area contributed by atoms with Gasteiger partial charge >= 0.3 is 0 Å². The van der Waals surface area contributed by atoms with Crippen molar-refractivity contribution in [3.8, 4) is 74.1 Å². The van der Waals surface area contributed by atoms with Gasteiger partial charge in [-0.2, -0.15) is 20.4 Å². The first-order chi connectivity index (χ1) is 45.8. The van der Waals surface area contributed by atoms with E-state index in [4.69, 9.17) is 45.1 Å². The van der Waals surface area contributed by atoms with E-state index in [-0.39, 0.29) is 80.4 Å². The molecule has 0 aliphatic rings. The Labute approximate surface area is 637 Å². The zero-order chi connectivity index (χ0) is 66.1. The Morgan fingerprint density at radius 1 is 0.388 bits per heavy atom. The van der Waals surface area contributed by atoms with E-state index < -0.39 is 0 Å². The van der Waals surface area contributed by atoms with Crippen LogP contribution in [0.25, 0.3) is 79.1 Å². The molecular weight excluding hydrogens is 1950 g/mol. The van der Waals surface area contributed by atoms with Gasteiger partial charge in [-0.3, -0.25) is 19.9 Å². The molecule has 4 aromatic heterocycles. The van der Waals surface area contributed by atoms with Crippen LogP contribution in [0.3, 0.4) is 0 Å². The van der Waals surface area contributed by atoms with Gasteiger partial charge in [0.15, 0.2) is 0 Å². The number of methoxy groups -OCH3 is 1. The minimum absolute atomic E-state index is 0. The van der Waals surface area contributed by atoms with Crippen molar-refractivity contribution in [2.75, 3.05) is 13.4 Å². The van der Waals surface area contributed by atoms with Gasteiger partial charge in [-0.1, -0.05) is 155 Å². The van der Waals surface area contributed by atoms with E-state index >= 15 is 0 Å². The van der Waals surface area contributed by atoms with Gasteiger partial charge in [0.1, 0.15) is 23.3 Å². The molecule has 0 saturated heterocycles. The van der Waals surface area contributed by atoms with E-state index in [0.29, 0.717) is 5.82 Å². The molecule has 0 unspecified atom stereocenters. The molecule has 0 aliphatic carbocycles. The number of ether oxygens (including phenoxy) is 1. The number of hydrogen-bond donors (Lipinski definition) is 0. The smallest absolute Gasteiger partial charge is 0.122 e. The molecule has 9 aromatic carbocycles. The van der Waals surface area contributed by atoms with Crippen LogP contribution >= 0.6 is 11.8 Å². The first kappa shape index (κ1) is 79.5. The van der Waals surface area contributed by atoms with Gasteiger partial charge in [0, 0.05) is 112 Å². The average molecular weight is 2030 g/mol. The maximum atomic E-state index is 5.28. The van der Waals surface area contributed by atoms with Crippen molar-refractivity contribution in [2.24, 2.45) is 0 Å². The summed E-state index contributed by atoms with van der Waals surface area (Å²) in [5, 5.41) is 21.5. The molecule has 18 heteroatoms. The second-order valence-electron chi connectivity index (χ2n) is 23.2. The topological polar surface area (TPSA) is 132 Å². The van der Waals surface area contributed by atoms with Crippen LogP contribution in [0.1, 0.15) is 110 Å². The number of hydrogen-bond acceptors (Lipinski definition) is 10. The van der Waals surface area contributed by atoms with Gasteiger partial charge in [-0.25, -0.2) is 18.7 Å². The molecule has 0 saturated carbocycles. The van der Waals surface area contributed by atoms with Crippen LogP contribution in [0.15, 0.2) is 187 Å². The number of thioether (sulfide) groups is 1. The molecule has 98 heavy (non-hydrogen) atoms. The fourth-order valence-corrected chi connectivity index (χ4v) is 11.5. The third-order valence-corrected chi connectivity index (χ3v) is 16.5. The number of aromatic nitrogens is 12. The Morgan fingerprint density at radius 2 is 0.745 bits per heavy atom. The SMILES string of the molecule is CCCc1nc(-c2[c-]c(C)cc(C)c2)nn1-c1ccccc1C.CCCc1nc(-c2[c-]cc3ccccc3c2)nn1-c1ccccc1C.CCCc1nc(-c2[c-]ccc(OC)c2)nn1-c1ccccc1C.CCCc1nc(-c2[c-]ccc(SC)c2)nn1-c1ccccc1C.[Ir].[Ir].[Ir].[Ir].